The van der Waals surface area contributed by atoms with Gasteiger partial charge >= 0.3 is 5.97 Å². The second-order valence-corrected chi connectivity index (χ2v) is 5.05. The van der Waals surface area contributed by atoms with E-state index in [1.54, 1.807) is 14.2 Å². The fourth-order valence-electron chi connectivity index (χ4n) is 2.46. The molecule has 6 heteroatoms. The van der Waals surface area contributed by atoms with Crippen molar-refractivity contribution in [2.75, 3.05) is 33.9 Å². The third-order valence-corrected chi connectivity index (χ3v) is 3.44. The molecule has 1 saturated heterocycles. The molecule has 6 nitrogen and oxygen atoms in total. The van der Waals surface area contributed by atoms with Crippen molar-refractivity contribution in [3.05, 3.63) is 23.8 Å². The fraction of sp³-hybridized carbons (Fsp3) is 0.533. The number of aliphatic carboxylic acids is 1. The summed E-state index contributed by atoms with van der Waals surface area (Å²) in [7, 11) is 3.24. The number of morpholine rings is 1. The number of carboxylic acids is 1. The molecule has 0 radical (unpaired) electrons. The molecule has 116 valence electrons. The maximum Gasteiger partial charge on any atom is 0.306 e. The highest BCUT2D eigenvalue weighted by molar-refractivity contribution is 5.67. The van der Waals surface area contributed by atoms with Crippen molar-refractivity contribution in [2.24, 2.45) is 0 Å². The first-order chi connectivity index (χ1) is 10.1. The van der Waals surface area contributed by atoms with Crippen LogP contribution in [0.25, 0.3) is 0 Å². The van der Waals surface area contributed by atoms with E-state index in [1.165, 1.54) is 0 Å². The number of carbonyl (C=O) groups is 1. The molecule has 21 heavy (non-hydrogen) atoms. The van der Waals surface area contributed by atoms with Crippen molar-refractivity contribution in [3.8, 4) is 11.5 Å². The third kappa shape index (κ3) is 4.61. The van der Waals surface area contributed by atoms with E-state index in [0.29, 0.717) is 19.7 Å². The van der Waals surface area contributed by atoms with Crippen molar-refractivity contribution < 1.29 is 24.1 Å². The first-order valence-electron chi connectivity index (χ1n) is 6.88. The lowest BCUT2D eigenvalue weighted by atomic mass is 10.1. The Morgan fingerprint density at radius 3 is 2.57 bits per heavy atom. The van der Waals surface area contributed by atoms with Gasteiger partial charge in [0, 0.05) is 25.7 Å². The van der Waals surface area contributed by atoms with Crippen molar-refractivity contribution in [1.82, 2.24) is 4.90 Å². The van der Waals surface area contributed by atoms with Gasteiger partial charge in [-0.1, -0.05) is 0 Å². The van der Waals surface area contributed by atoms with E-state index >= 15 is 0 Å². The standard InChI is InChI=1S/C15H21NO5/c1-19-12-5-11(6-13(7-12)20-2)9-16-3-4-21-14(10-16)8-15(17)18/h5-7,14H,3-4,8-10H2,1-2H3,(H,17,18). The lowest BCUT2D eigenvalue weighted by Crippen LogP contribution is -2.42. The molecular weight excluding hydrogens is 274 g/mol. The van der Waals surface area contributed by atoms with Gasteiger partial charge in [-0.3, -0.25) is 9.69 Å². The van der Waals surface area contributed by atoms with E-state index in [0.717, 1.165) is 23.6 Å². The number of ether oxygens (including phenoxy) is 3. The minimum atomic E-state index is -0.829. The Morgan fingerprint density at radius 2 is 2.00 bits per heavy atom. The van der Waals surface area contributed by atoms with E-state index in [1.807, 2.05) is 18.2 Å². The molecule has 1 aromatic carbocycles. The molecule has 0 amide bonds. The van der Waals surface area contributed by atoms with Crippen molar-refractivity contribution in [3.63, 3.8) is 0 Å². The third-order valence-electron chi connectivity index (χ3n) is 3.44. The van der Waals surface area contributed by atoms with Gasteiger partial charge < -0.3 is 19.3 Å². The Bertz CT molecular complexity index is 469. The second kappa shape index (κ2) is 7.28. The van der Waals surface area contributed by atoms with Gasteiger partial charge in [0.15, 0.2) is 0 Å². The minimum absolute atomic E-state index is 0.0396. The van der Waals surface area contributed by atoms with Crippen LogP contribution in [0.1, 0.15) is 12.0 Å². The first kappa shape index (κ1) is 15.6. The molecule has 0 spiro atoms. The summed E-state index contributed by atoms with van der Waals surface area (Å²) in [4.78, 5) is 13.0. The van der Waals surface area contributed by atoms with Crippen molar-refractivity contribution in [1.29, 1.82) is 0 Å². The van der Waals surface area contributed by atoms with Crippen LogP contribution in [0.5, 0.6) is 11.5 Å². The quantitative estimate of drug-likeness (QED) is 0.855. The van der Waals surface area contributed by atoms with Crippen molar-refractivity contribution in [2.45, 2.75) is 19.1 Å². The highest BCUT2D eigenvalue weighted by atomic mass is 16.5. The average molecular weight is 295 g/mol. The molecule has 2 rings (SSSR count). The van der Waals surface area contributed by atoms with Gasteiger partial charge in [0.25, 0.3) is 0 Å². The molecule has 1 unspecified atom stereocenters. The van der Waals surface area contributed by atoms with E-state index < -0.39 is 5.97 Å². The number of hydrogen-bond acceptors (Lipinski definition) is 5. The Balaban J connectivity index is 2.01. The highest BCUT2D eigenvalue weighted by Crippen LogP contribution is 2.24. The zero-order valence-corrected chi connectivity index (χ0v) is 12.4. The van der Waals surface area contributed by atoms with Crippen LogP contribution in [-0.4, -0.2) is 56.0 Å². The Hall–Kier alpha value is -1.79. The van der Waals surface area contributed by atoms with Crippen LogP contribution in [0, 0.1) is 0 Å². The van der Waals surface area contributed by atoms with Crippen LogP contribution in [0.4, 0.5) is 0 Å². The van der Waals surface area contributed by atoms with Crippen LogP contribution in [0.15, 0.2) is 18.2 Å². The molecule has 1 heterocycles. The predicted molar refractivity (Wildman–Crippen MR) is 76.8 cm³/mol. The summed E-state index contributed by atoms with van der Waals surface area (Å²) < 4.78 is 16.0. The Kier molecular flexibility index (Phi) is 5.41. The van der Waals surface area contributed by atoms with Crippen LogP contribution >= 0.6 is 0 Å². The first-order valence-corrected chi connectivity index (χ1v) is 6.88. The van der Waals surface area contributed by atoms with Gasteiger partial charge in [0.1, 0.15) is 11.5 Å². The molecule has 1 aromatic rings. The van der Waals surface area contributed by atoms with Gasteiger partial charge in [-0.05, 0) is 17.7 Å². The summed E-state index contributed by atoms with van der Waals surface area (Å²) in [6.45, 7) is 2.67. The number of nitrogens with zero attached hydrogens (tertiary/aromatic N) is 1. The topological polar surface area (TPSA) is 68.2 Å². The molecule has 1 aliphatic rings. The van der Waals surface area contributed by atoms with Gasteiger partial charge in [0.05, 0.1) is 33.4 Å². The number of benzene rings is 1. The SMILES string of the molecule is COc1cc(CN2CCOC(CC(=O)O)C2)cc(OC)c1. The van der Waals surface area contributed by atoms with Crippen LogP contribution in [0.2, 0.25) is 0 Å². The highest BCUT2D eigenvalue weighted by Gasteiger charge is 2.22. The molecule has 0 bridgehead atoms. The van der Waals surface area contributed by atoms with Crippen LogP contribution < -0.4 is 9.47 Å². The van der Waals surface area contributed by atoms with Gasteiger partial charge in [-0.25, -0.2) is 0 Å². The molecule has 0 aliphatic carbocycles. The lowest BCUT2D eigenvalue weighted by Gasteiger charge is -2.32. The van der Waals surface area contributed by atoms with E-state index in [2.05, 4.69) is 4.90 Å². The molecule has 1 fully saturated rings. The second-order valence-electron chi connectivity index (χ2n) is 5.05. The average Bonchev–Trinajstić information content (AvgIpc) is 2.46. The summed E-state index contributed by atoms with van der Waals surface area (Å²) >= 11 is 0. The van der Waals surface area contributed by atoms with Crippen LogP contribution in [0.3, 0.4) is 0 Å². The fourth-order valence-corrected chi connectivity index (χ4v) is 2.46. The van der Waals surface area contributed by atoms with Gasteiger partial charge in [-0.15, -0.1) is 0 Å². The molecule has 1 atom stereocenters. The van der Waals surface area contributed by atoms with E-state index in [-0.39, 0.29) is 12.5 Å². The summed E-state index contributed by atoms with van der Waals surface area (Å²) in [5, 5.41) is 8.85. The Labute approximate surface area is 124 Å². The summed E-state index contributed by atoms with van der Waals surface area (Å²) in [5.41, 5.74) is 1.07. The molecule has 0 aromatic heterocycles. The van der Waals surface area contributed by atoms with Gasteiger partial charge in [-0.2, -0.15) is 0 Å². The maximum atomic E-state index is 10.8. The monoisotopic (exact) mass is 295 g/mol. The van der Waals surface area contributed by atoms with Crippen LogP contribution in [-0.2, 0) is 16.1 Å². The smallest absolute Gasteiger partial charge is 0.306 e. The zero-order valence-electron chi connectivity index (χ0n) is 12.4. The minimum Gasteiger partial charge on any atom is -0.497 e. The summed E-state index contributed by atoms with van der Waals surface area (Å²) in [6.07, 6.45) is -0.207. The molecule has 0 saturated carbocycles. The zero-order chi connectivity index (χ0) is 15.2. The normalized spacial score (nSPS) is 19.2. The number of hydrogen-bond donors (Lipinski definition) is 1. The number of methoxy groups -OCH3 is 2. The predicted octanol–water partition coefficient (Wildman–Crippen LogP) is 1.38. The van der Waals surface area contributed by atoms with E-state index in [9.17, 15) is 4.79 Å². The Morgan fingerprint density at radius 1 is 1.33 bits per heavy atom. The molecule has 1 aliphatic heterocycles. The summed E-state index contributed by atoms with van der Waals surface area (Å²) in [6, 6.07) is 5.75. The lowest BCUT2D eigenvalue weighted by molar-refractivity contribution is -0.142. The molecule has 1 N–H and O–H groups in total. The summed E-state index contributed by atoms with van der Waals surface area (Å²) in [5.74, 6) is 0.671. The molecular formula is C15H21NO5. The number of rotatable bonds is 6. The van der Waals surface area contributed by atoms with Gasteiger partial charge in [0.2, 0.25) is 0 Å². The van der Waals surface area contributed by atoms with Crippen molar-refractivity contribution >= 4 is 5.97 Å². The number of carboxylic acid groups (broad SMARTS) is 1. The largest absolute Gasteiger partial charge is 0.497 e. The van der Waals surface area contributed by atoms with E-state index in [4.69, 9.17) is 19.3 Å². The maximum absolute atomic E-state index is 10.8.